The molecule has 0 aliphatic heterocycles. The predicted octanol–water partition coefficient (Wildman–Crippen LogP) is 4.67. The molecule has 4 heteroatoms. The van der Waals surface area contributed by atoms with E-state index in [1.165, 1.54) is 32.1 Å². The van der Waals surface area contributed by atoms with E-state index in [2.05, 4.69) is 19.1 Å². The lowest BCUT2D eigenvalue weighted by molar-refractivity contribution is -0.146. The van der Waals surface area contributed by atoms with Crippen LogP contribution in [-0.2, 0) is 9.59 Å². The Morgan fingerprint density at radius 2 is 1.92 bits per heavy atom. The highest BCUT2D eigenvalue weighted by molar-refractivity contribution is 5.83. The van der Waals surface area contributed by atoms with Gasteiger partial charge in [-0.25, -0.2) is 4.79 Å². The molecule has 2 N–H and O–H groups in total. The molecule has 25 heavy (non-hydrogen) atoms. The summed E-state index contributed by atoms with van der Waals surface area (Å²) < 4.78 is 0. The number of ketones is 1. The fourth-order valence-corrected chi connectivity index (χ4v) is 3.35. The molecule has 0 aromatic heterocycles. The molecule has 142 valence electrons. The van der Waals surface area contributed by atoms with Crippen molar-refractivity contribution in [2.24, 2.45) is 11.8 Å². The Morgan fingerprint density at radius 1 is 1.16 bits per heavy atom. The Balaban J connectivity index is 2.28. The van der Waals surface area contributed by atoms with Gasteiger partial charge in [-0.3, -0.25) is 4.79 Å². The average molecular weight is 350 g/mol. The Morgan fingerprint density at radius 3 is 2.64 bits per heavy atom. The van der Waals surface area contributed by atoms with E-state index in [1.807, 2.05) is 12.2 Å². The van der Waals surface area contributed by atoms with Gasteiger partial charge >= 0.3 is 5.97 Å². The van der Waals surface area contributed by atoms with Crippen LogP contribution in [0.25, 0.3) is 0 Å². The van der Waals surface area contributed by atoms with Gasteiger partial charge in [0.25, 0.3) is 0 Å². The minimum atomic E-state index is -1.30. The first-order chi connectivity index (χ1) is 12.1. The van der Waals surface area contributed by atoms with Crippen molar-refractivity contribution >= 4 is 11.8 Å². The molecule has 0 aromatic carbocycles. The van der Waals surface area contributed by atoms with Gasteiger partial charge in [-0.2, -0.15) is 0 Å². The molecule has 0 radical (unpaired) electrons. The summed E-state index contributed by atoms with van der Waals surface area (Å²) in [4.78, 5) is 22.6. The van der Waals surface area contributed by atoms with Crippen molar-refractivity contribution in [3.8, 4) is 0 Å². The lowest BCUT2D eigenvalue weighted by atomic mass is 9.91. The highest BCUT2D eigenvalue weighted by atomic mass is 16.4. The molecule has 0 spiro atoms. The van der Waals surface area contributed by atoms with Gasteiger partial charge in [0.05, 0.1) is 0 Å². The molecule has 1 unspecified atom stereocenters. The summed E-state index contributed by atoms with van der Waals surface area (Å²) in [6.45, 7) is 2.22. The number of rotatable bonds is 13. The molecule has 0 aromatic rings. The summed E-state index contributed by atoms with van der Waals surface area (Å²) >= 11 is 0. The standard InChI is InChI=1S/C21H34O4/c1-2-3-4-5-6-7-9-12-17-15-16-19(22)18(17)13-10-8-11-14-20(23)21(24)25/h8-10,12,17-18,20,23H,2-7,11,13-16H2,1H3,(H,24,25)/t17-,18+,20?/m0/s1. The van der Waals surface area contributed by atoms with Crippen LogP contribution in [0.3, 0.4) is 0 Å². The molecule has 0 heterocycles. The van der Waals surface area contributed by atoms with Crippen LogP contribution in [0.4, 0.5) is 0 Å². The van der Waals surface area contributed by atoms with Crippen molar-refractivity contribution in [1.82, 2.24) is 0 Å². The summed E-state index contributed by atoms with van der Waals surface area (Å²) in [5, 5.41) is 17.8. The fourth-order valence-electron chi connectivity index (χ4n) is 3.35. The summed E-state index contributed by atoms with van der Waals surface area (Å²) in [7, 11) is 0. The van der Waals surface area contributed by atoms with Crippen LogP contribution < -0.4 is 0 Å². The van der Waals surface area contributed by atoms with Gasteiger partial charge in [-0.15, -0.1) is 0 Å². The third-order valence-electron chi connectivity index (χ3n) is 4.96. The highest BCUT2D eigenvalue weighted by Gasteiger charge is 2.31. The second-order valence-electron chi connectivity index (χ2n) is 7.04. The van der Waals surface area contributed by atoms with E-state index in [0.717, 1.165) is 12.8 Å². The molecule has 4 nitrogen and oxygen atoms in total. The zero-order chi connectivity index (χ0) is 18.5. The molecular weight excluding hydrogens is 316 g/mol. The van der Waals surface area contributed by atoms with Crippen molar-refractivity contribution in [3.05, 3.63) is 24.3 Å². The topological polar surface area (TPSA) is 74.6 Å². The van der Waals surface area contributed by atoms with Gasteiger partial charge in [-0.1, -0.05) is 56.9 Å². The second kappa shape index (κ2) is 12.9. The predicted molar refractivity (Wildman–Crippen MR) is 100 cm³/mol. The van der Waals surface area contributed by atoms with Crippen LogP contribution in [0.1, 0.15) is 77.6 Å². The van der Waals surface area contributed by atoms with Crippen LogP contribution in [0.2, 0.25) is 0 Å². The SMILES string of the molecule is CCCCCCCC=C[C@H]1CCC(=O)[C@@H]1CC=CCCC(O)C(=O)O. The van der Waals surface area contributed by atoms with E-state index in [9.17, 15) is 14.7 Å². The maximum atomic E-state index is 12.1. The molecular formula is C21H34O4. The van der Waals surface area contributed by atoms with Gasteiger partial charge in [0.1, 0.15) is 5.78 Å². The molecule has 0 amide bonds. The summed E-state index contributed by atoms with van der Waals surface area (Å²) in [6, 6.07) is 0. The van der Waals surface area contributed by atoms with Crippen molar-refractivity contribution < 1.29 is 19.8 Å². The van der Waals surface area contributed by atoms with E-state index in [4.69, 9.17) is 5.11 Å². The Bertz CT molecular complexity index is 453. The van der Waals surface area contributed by atoms with Crippen molar-refractivity contribution in [3.63, 3.8) is 0 Å². The number of aliphatic hydroxyl groups is 1. The molecule has 1 aliphatic rings. The van der Waals surface area contributed by atoms with Crippen LogP contribution in [0, 0.1) is 11.8 Å². The quantitative estimate of drug-likeness (QED) is 0.374. The van der Waals surface area contributed by atoms with Gasteiger partial charge in [-0.05, 0) is 44.4 Å². The first kappa shape index (κ1) is 21.6. The third kappa shape index (κ3) is 9.01. The molecule has 1 rings (SSSR count). The fraction of sp³-hybridized carbons (Fsp3) is 0.714. The number of aliphatic hydroxyl groups excluding tert-OH is 1. The lowest BCUT2D eigenvalue weighted by Gasteiger charge is -2.12. The van der Waals surface area contributed by atoms with E-state index < -0.39 is 12.1 Å². The number of Topliss-reactive ketones (excluding diaryl/α,β-unsaturated/α-hetero) is 1. The van der Waals surface area contributed by atoms with Gasteiger partial charge in [0.15, 0.2) is 6.10 Å². The van der Waals surface area contributed by atoms with Gasteiger partial charge < -0.3 is 10.2 Å². The number of aliphatic carboxylic acids is 1. The summed E-state index contributed by atoms with van der Waals surface area (Å²) in [5.41, 5.74) is 0. The normalized spacial score (nSPS) is 22.2. The number of carboxylic acids is 1. The summed E-state index contributed by atoms with van der Waals surface area (Å²) in [6.07, 6.45) is 17.6. The number of carbonyl (C=O) groups is 2. The Labute approximate surface area is 152 Å². The molecule has 3 atom stereocenters. The maximum Gasteiger partial charge on any atom is 0.332 e. The maximum absolute atomic E-state index is 12.1. The number of carbonyl (C=O) groups excluding carboxylic acids is 1. The van der Waals surface area contributed by atoms with Crippen LogP contribution in [0.5, 0.6) is 0 Å². The smallest absolute Gasteiger partial charge is 0.332 e. The Kier molecular flexibility index (Phi) is 11.1. The largest absolute Gasteiger partial charge is 0.479 e. The minimum absolute atomic E-state index is 0.0667. The molecule has 0 saturated heterocycles. The number of carboxylic acid groups (broad SMARTS) is 1. The van der Waals surface area contributed by atoms with E-state index in [1.54, 1.807) is 0 Å². The molecule has 1 saturated carbocycles. The molecule has 0 bridgehead atoms. The number of hydrogen-bond donors (Lipinski definition) is 2. The zero-order valence-electron chi connectivity index (χ0n) is 15.5. The van der Waals surface area contributed by atoms with Gasteiger partial charge in [0, 0.05) is 12.3 Å². The lowest BCUT2D eigenvalue weighted by Crippen LogP contribution is -2.18. The number of allylic oxidation sites excluding steroid dienone is 4. The first-order valence-corrected chi connectivity index (χ1v) is 9.81. The van der Waals surface area contributed by atoms with Crippen LogP contribution >= 0.6 is 0 Å². The highest BCUT2D eigenvalue weighted by Crippen LogP contribution is 2.33. The van der Waals surface area contributed by atoms with E-state index in [-0.39, 0.29) is 12.3 Å². The number of hydrogen-bond acceptors (Lipinski definition) is 3. The Hall–Kier alpha value is -1.42. The van der Waals surface area contributed by atoms with Gasteiger partial charge in [0.2, 0.25) is 0 Å². The minimum Gasteiger partial charge on any atom is -0.479 e. The van der Waals surface area contributed by atoms with E-state index >= 15 is 0 Å². The van der Waals surface area contributed by atoms with Crippen molar-refractivity contribution in [1.29, 1.82) is 0 Å². The second-order valence-corrected chi connectivity index (χ2v) is 7.04. The van der Waals surface area contributed by atoms with Crippen LogP contribution in [0.15, 0.2) is 24.3 Å². The molecule has 1 fully saturated rings. The monoisotopic (exact) mass is 350 g/mol. The first-order valence-electron chi connectivity index (χ1n) is 9.81. The van der Waals surface area contributed by atoms with Crippen molar-refractivity contribution in [2.45, 2.75) is 83.7 Å². The average Bonchev–Trinajstić information content (AvgIpc) is 2.93. The van der Waals surface area contributed by atoms with E-state index in [0.29, 0.717) is 31.0 Å². The number of unbranched alkanes of at least 4 members (excludes halogenated alkanes) is 5. The zero-order valence-corrected chi connectivity index (χ0v) is 15.5. The molecule has 1 aliphatic carbocycles. The van der Waals surface area contributed by atoms with Crippen LogP contribution in [-0.4, -0.2) is 28.1 Å². The third-order valence-corrected chi connectivity index (χ3v) is 4.96. The summed E-state index contributed by atoms with van der Waals surface area (Å²) in [5.74, 6) is -0.429. The van der Waals surface area contributed by atoms with Crippen molar-refractivity contribution in [2.75, 3.05) is 0 Å².